The highest BCUT2D eigenvalue weighted by atomic mass is 16.1. The molecular weight excluding hydrogens is 266 g/mol. The largest absolute Gasteiger partial charge is 0.399 e. The van der Waals surface area contributed by atoms with Crippen LogP contribution in [-0.4, -0.2) is 20.7 Å². The summed E-state index contributed by atoms with van der Waals surface area (Å²) < 4.78 is 1.60. The molecule has 0 bridgehead atoms. The van der Waals surface area contributed by atoms with Crippen molar-refractivity contribution < 1.29 is 4.79 Å². The van der Waals surface area contributed by atoms with E-state index < -0.39 is 5.91 Å². The average molecular weight is 279 g/mol. The first kappa shape index (κ1) is 12.9. The van der Waals surface area contributed by atoms with Crippen LogP contribution >= 0.6 is 0 Å². The lowest BCUT2D eigenvalue weighted by Gasteiger charge is -2.01. The molecule has 0 aliphatic carbocycles. The zero-order chi connectivity index (χ0) is 14.8. The fourth-order valence-corrected chi connectivity index (χ4v) is 1.96. The minimum atomic E-state index is -0.567. The predicted octanol–water partition coefficient (Wildman–Crippen LogP) is 1.62. The van der Waals surface area contributed by atoms with Gasteiger partial charge in [-0.1, -0.05) is 18.2 Å². The molecule has 2 aromatic heterocycles. The SMILES string of the molecule is NC(=O)c1cccc(-n2cc(-c3ccc(N)cc3)cn2)n1. The number of rotatable bonds is 3. The maximum atomic E-state index is 11.2. The summed E-state index contributed by atoms with van der Waals surface area (Å²) in [6.45, 7) is 0. The number of aromatic nitrogens is 3. The Morgan fingerprint density at radius 2 is 1.81 bits per heavy atom. The van der Waals surface area contributed by atoms with Gasteiger partial charge in [0.05, 0.1) is 6.20 Å². The molecule has 21 heavy (non-hydrogen) atoms. The zero-order valence-electron chi connectivity index (χ0n) is 11.1. The van der Waals surface area contributed by atoms with Crippen LogP contribution in [-0.2, 0) is 0 Å². The van der Waals surface area contributed by atoms with E-state index in [0.717, 1.165) is 11.1 Å². The third-order valence-electron chi connectivity index (χ3n) is 3.05. The fraction of sp³-hybridized carbons (Fsp3) is 0. The maximum Gasteiger partial charge on any atom is 0.267 e. The van der Waals surface area contributed by atoms with Crippen molar-refractivity contribution in [1.82, 2.24) is 14.8 Å². The summed E-state index contributed by atoms with van der Waals surface area (Å²) in [4.78, 5) is 15.3. The van der Waals surface area contributed by atoms with Crippen LogP contribution in [0.25, 0.3) is 16.9 Å². The fourth-order valence-electron chi connectivity index (χ4n) is 1.96. The zero-order valence-corrected chi connectivity index (χ0v) is 11.1. The standard InChI is InChI=1S/C15H13N5O/c16-12-6-4-10(5-7-12)11-8-18-20(9-11)14-3-1-2-13(19-14)15(17)21/h1-9H,16H2,(H2,17,21). The van der Waals surface area contributed by atoms with Crippen molar-refractivity contribution >= 4 is 11.6 Å². The van der Waals surface area contributed by atoms with Crippen molar-refractivity contribution in [3.05, 3.63) is 60.6 Å². The topological polar surface area (TPSA) is 99.8 Å². The van der Waals surface area contributed by atoms with E-state index in [1.807, 2.05) is 30.5 Å². The van der Waals surface area contributed by atoms with Crippen LogP contribution in [0.3, 0.4) is 0 Å². The highest BCUT2D eigenvalue weighted by molar-refractivity contribution is 5.90. The monoisotopic (exact) mass is 279 g/mol. The second-order valence-electron chi connectivity index (χ2n) is 4.54. The van der Waals surface area contributed by atoms with E-state index in [1.54, 1.807) is 29.1 Å². The summed E-state index contributed by atoms with van der Waals surface area (Å²) in [5.41, 5.74) is 13.7. The minimum absolute atomic E-state index is 0.206. The van der Waals surface area contributed by atoms with Crippen molar-refractivity contribution in [3.63, 3.8) is 0 Å². The molecule has 6 nitrogen and oxygen atoms in total. The van der Waals surface area contributed by atoms with Gasteiger partial charge in [0.15, 0.2) is 5.82 Å². The number of carbonyl (C=O) groups excluding carboxylic acids is 1. The molecule has 0 saturated heterocycles. The molecule has 3 aromatic rings. The molecule has 0 aliphatic rings. The molecule has 0 unspecified atom stereocenters. The average Bonchev–Trinajstić information content (AvgIpc) is 2.98. The third kappa shape index (κ3) is 2.59. The summed E-state index contributed by atoms with van der Waals surface area (Å²) in [6.07, 6.45) is 3.56. The van der Waals surface area contributed by atoms with E-state index in [4.69, 9.17) is 11.5 Å². The number of amides is 1. The van der Waals surface area contributed by atoms with Crippen molar-refractivity contribution in [1.29, 1.82) is 0 Å². The van der Waals surface area contributed by atoms with Gasteiger partial charge in [0.2, 0.25) is 0 Å². The molecule has 3 rings (SSSR count). The van der Waals surface area contributed by atoms with Gasteiger partial charge in [0.25, 0.3) is 5.91 Å². The number of primary amides is 1. The summed E-state index contributed by atoms with van der Waals surface area (Å²) in [6, 6.07) is 12.5. The highest BCUT2D eigenvalue weighted by Crippen LogP contribution is 2.20. The van der Waals surface area contributed by atoms with Crippen LogP contribution in [0.5, 0.6) is 0 Å². The van der Waals surface area contributed by atoms with Gasteiger partial charge in [-0.3, -0.25) is 4.79 Å². The molecule has 2 heterocycles. The van der Waals surface area contributed by atoms with Crippen LogP contribution in [0.1, 0.15) is 10.5 Å². The van der Waals surface area contributed by atoms with Gasteiger partial charge in [-0.2, -0.15) is 5.10 Å². The molecule has 4 N–H and O–H groups in total. The first-order chi connectivity index (χ1) is 10.1. The molecule has 0 spiro atoms. The number of carbonyl (C=O) groups is 1. The summed E-state index contributed by atoms with van der Waals surface area (Å²) in [5, 5.41) is 4.26. The van der Waals surface area contributed by atoms with Gasteiger partial charge in [-0.25, -0.2) is 9.67 Å². The second-order valence-corrected chi connectivity index (χ2v) is 4.54. The Balaban J connectivity index is 1.96. The lowest BCUT2D eigenvalue weighted by molar-refractivity contribution is 0.0995. The first-order valence-electron chi connectivity index (χ1n) is 6.31. The molecular formula is C15H13N5O. The summed E-state index contributed by atoms with van der Waals surface area (Å²) >= 11 is 0. The summed E-state index contributed by atoms with van der Waals surface area (Å²) in [7, 11) is 0. The van der Waals surface area contributed by atoms with Crippen LogP contribution in [0.15, 0.2) is 54.9 Å². The maximum absolute atomic E-state index is 11.2. The molecule has 0 radical (unpaired) electrons. The second kappa shape index (κ2) is 5.09. The molecule has 1 amide bonds. The Bertz CT molecular complexity index is 792. The lowest BCUT2D eigenvalue weighted by Crippen LogP contribution is -2.14. The Labute approximate surface area is 121 Å². The number of nitrogen functional groups attached to an aromatic ring is 1. The molecule has 104 valence electrons. The van der Waals surface area contributed by atoms with Gasteiger partial charge >= 0.3 is 0 Å². The van der Waals surface area contributed by atoms with Crippen molar-refractivity contribution in [2.24, 2.45) is 5.73 Å². The molecule has 0 fully saturated rings. The smallest absolute Gasteiger partial charge is 0.267 e. The molecule has 6 heteroatoms. The van der Waals surface area contributed by atoms with E-state index in [0.29, 0.717) is 11.5 Å². The van der Waals surface area contributed by atoms with E-state index in [9.17, 15) is 4.79 Å². The Kier molecular flexibility index (Phi) is 3.12. The van der Waals surface area contributed by atoms with Crippen LogP contribution < -0.4 is 11.5 Å². The normalized spacial score (nSPS) is 10.5. The molecule has 0 saturated carbocycles. The van der Waals surface area contributed by atoms with Gasteiger partial charge < -0.3 is 11.5 Å². The Morgan fingerprint density at radius 3 is 2.52 bits per heavy atom. The van der Waals surface area contributed by atoms with Crippen molar-refractivity contribution in [2.45, 2.75) is 0 Å². The van der Waals surface area contributed by atoms with E-state index in [1.165, 1.54) is 0 Å². The molecule has 1 aromatic carbocycles. The van der Waals surface area contributed by atoms with E-state index in [2.05, 4.69) is 10.1 Å². The predicted molar refractivity (Wildman–Crippen MR) is 79.7 cm³/mol. The Hall–Kier alpha value is -3.15. The van der Waals surface area contributed by atoms with Crippen LogP contribution in [0.4, 0.5) is 5.69 Å². The number of nitrogens with zero attached hydrogens (tertiary/aromatic N) is 3. The number of benzene rings is 1. The Morgan fingerprint density at radius 1 is 1.05 bits per heavy atom. The highest BCUT2D eigenvalue weighted by Gasteiger charge is 2.07. The van der Waals surface area contributed by atoms with Gasteiger partial charge in [0, 0.05) is 17.4 Å². The minimum Gasteiger partial charge on any atom is -0.399 e. The van der Waals surface area contributed by atoms with Gasteiger partial charge in [0.1, 0.15) is 5.69 Å². The number of nitrogens with two attached hydrogens (primary N) is 2. The number of hydrogen-bond acceptors (Lipinski definition) is 4. The number of hydrogen-bond donors (Lipinski definition) is 2. The quantitative estimate of drug-likeness (QED) is 0.711. The van der Waals surface area contributed by atoms with Crippen LogP contribution in [0.2, 0.25) is 0 Å². The van der Waals surface area contributed by atoms with E-state index in [-0.39, 0.29) is 5.69 Å². The molecule has 0 aliphatic heterocycles. The van der Waals surface area contributed by atoms with Crippen LogP contribution in [0, 0.1) is 0 Å². The van der Waals surface area contributed by atoms with Crippen molar-refractivity contribution in [3.8, 4) is 16.9 Å². The number of anilines is 1. The lowest BCUT2D eigenvalue weighted by atomic mass is 10.1. The summed E-state index contributed by atoms with van der Waals surface area (Å²) in [5.74, 6) is -0.0317. The van der Waals surface area contributed by atoms with Gasteiger partial charge in [-0.15, -0.1) is 0 Å². The molecule has 0 atom stereocenters. The third-order valence-corrected chi connectivity index (χ3v) is 3.05. The van der Waals surface area contributed by atoms with E-state index >= 15 is 0 Å². The van der Waals surface area contributed by atoms with Crippen molar-refractivity contribution in [2.75, 3.05) is 5.73 Å². The van der Waals surface area contributed by atoms with Gasteiger partial charge in [-0.05, 0) is 29.8 Å². The first-order valence-corrected chi connectivity index (χ1v) is 6.31. The number of pyridine rings is 1.